The van der Waals surface area contributed by atoms with Gasteiger partial charge < -0.3 is 16.3 Å². The maximum Gasteiger partial charge on any atom is 0.441 e. The zero-order chi connectivity index (χ0) is 14.3. The number of amidine groups is 1. The second-order valence-corrected chi connectivity index (χ2v) is 4.82. The highest BCUT2D eigenvalue weighted by Gasteiger charge is 2.27. The van der Waals surface area contributed by atoms with Gasteiger partial charge in [0.1, 0.15) is 0 Å². The van der Waals surface area contributed by atoms with Crippen molar-refractivity contribution in [3.05, 3.63) is 35.4 Å². The summed E-state index contributed by atoms with van der Waals surface area (Å²) in [7, 11) is 0. The Morgan fingerprint density at radius 3 is 2.79 bits per heavy atom. The van der Waals surface area contributed by atoms with Crippen LogP contribution in [0, 0.1) is 0 Å². The minimum Gasteiger partial charge on any atom is -0.409 e. The summed E-state index contributed by atoms with van der Waals surface area (Å²) in [4.78, 5) is 0. The third-order valence-corrected chi connectivity index (χ3v) is 2.94. The highest BCUT2D eigenvalue weighted by molar-refractivity contribution is 8.00. The van der Waals surface area contributed by atoms with E-state index in [9.17, 15) is 13.2 Å². The minimum atomic E-state index is -4.19. The zero-order valence-electron chi connectivity index (χ0n) is 9.94. The van der Waals surface area contributed by atoms with Crippen LogP contribution < -0.4 is 11.1 Å². The normalized spacial score (nSPS) is 12.7. The molecule has 0 aliphatic heterocycles. The number of nitrogens with one attached hydrogen (secondary N) is 1. The Bertz CT molecular complexity index is 437. The van der Waals surface area contributed by atoms with Gasteiger partial charge in [-0.1, -0.05) is 23.4 Å². The van der Waals surface area contributed by atoms with E-state index in [2.05, 4.69) is 10.5 Å². The maximum absolute atomic E-state index is 11.9. The third kappa shape index (κ3) is 6.35. The first kappa shape index (κ1) is 15.6. The molecule has 0 saturated heterocycles. The van der Waals surface area contributed by atoms with Gasteiger partial charge in [-0.05, 0) is 23.4 Å². The topological polar surface area (TPSA) is 70.6 Å². The first-order valence-electron chi connectivity index (χ1n) is 5.40. The van der Waals surface area contributed by atoms with Crippen molar-refractivity contribution >= 4 is 17.6 Å². The molecule has 0 aliphatic carbocycles. The lowest BCUT2D eigenvalue weighted by atomic mass is 10.1. The van der Waals surface area contributed by atoms with Gasteiger partial charge in [0.2, 0.25) is 0 Å². The second kappa shape index (κ2) is 7.25. The van der Waals surface area contributed by atoms with Crippen molar-refractivity contribution in [3.8, 4) is 0 Å². The number of nitrogens with two attached hydrogens (primary N) is 1. The average molecular weight is 293 g/mol. The summed E-state index contributed by atoms with van der Waals surface area (Å²) >= 11 is -0.0543. The molecule has 0 radical (unpaired) electrons. The van der Waals surface area contributed by atoms with Gasteiger partial charge in [-0.25, -0.2) is 0 Å². The van der Waals surface area contributed by atoms with Crippen LogP contribution in [0.15, 0.2) is 29.4 Å². The van der Waals surface area contributed by atoms with E-state index in [1.165, 1.54) is 0 Å². The molecule has 0 aliphatic rings. The van der Waals surface area contributed by atoms with E-state index in [-0.39, 0.29) is 29.9 Å². The molecular weight excluding hydrogens is 279 g/mol. The monoisotopic (exact) mass is 293 g/mol. The van der Waals surface area contributed by atoms with Crippen LogP contribution in [-0.2, 0) is 6.54 Å². The molecule has 0 atom stereocenters. The van der Waals surface area contributed by atoms with Crippen molar-refractivity contribution in [1.29, 1.82) is 0 Å². The molecule has 0 bridgehead atoms. The second-order valence-electron chi connectivity index (χ2n) is 3.66. The van der Waals surface area contributed by atoms with Gasteiger partial charge in [0.25, 0.3) is 0 Å². The third-order valence-electron chi connectivity index (χ3n) is 2.20. The average Bonchev–Trinajstić information content (AvgIpc) is 2.36. The number of hydrogen-bond acceptors (Lipinski definition) is 4. The highest BCUT2D eigenvalue weighted by atomic mass is 32.2. The molecule has 0 aromatic heterocycles. The summed E-state index contributed by atoms with van der Waals surface area (Å²) < 4.78 is 35.6. The summed E-state index contributed by atoms with van der Waals surface area (Å²) in [6.45, 7) is 0.670. The lowest BCUT2D eigenvalue weighted by Gasteiger charge is -2.08. The fourth-order valence-corrected chi connectivity index (χ4v) is 1.85. The van der Waals surface area contributed by atoms with Gasteiger partial charge in [-0.15, -0.1) is 0 Å². The molecule has 106 valence electrons. The molecule has 1 rings (SSSR count). The fraction of sp³-hybridized carbons (Fsp3) is 0.364. The van der Waals surface area contributed by atoms with Crippen molar-refractivity contribution in [3.63, 3.8) is 0 Å². The fourth-order valence-electron chi connectivity index (χ4n) is 1.37. The zero-order valence-corrected chi connectivity index (χ0v) is 10.8. The van der Waals surface area contributed by atoms with E-state index in [0.29, 0.717) is 12.1 Å². The Labute approximate surface area is 112 Å². The van der Waals surface area contributed by atoms with Crippen LogP contribution in [0.2, 0.25) is 0 Å². The smallest absolute Gasteiger partial charge is 0.409 e. The molecule has 1 aromatic carbocycles. The molecular formula is C11H14F3N3OS. The molecule has 8 heteroatoms. The SMILES string of the molecule is N/C(=N/O)c1cccc(CNCCSC(F)(F)F)c1. The molecule has 0 spiro atoms. The van der Waals surface area contributed by atoms with Gasteiger partial charge in [0.05, 0.1) is 0 Å². The maximum atomic E-state index is 11.9. The van der Waals surface area contributed by atoms with Crippen LogP contribution in [0.3, 0.4) is 0 Å². The molecule has 0 heterocycles. The molecule has 4 N–H and O–H groups in total. The van der Waals surface area contributed by atoms with Crippen LogP contribution in [0.5, 0.6) is 0 Å². The van der Waals surface area contributed by atoms with E-state index in [1.54, 1.807) is 24.3 Å². The van der Waals surface area contributed by atoms with E-state index in [1.807, 2.05) is 0 Å². The Hall–Kier alpha value is -1.41. The number of nitrogens with zero attached hydrogens (tertiary/aromatic N) is 1. The number of thioether (sulfide) groups is 1. The first-order chi connectivity index (χ1) is 8.92. The van der Waals surface area contributed by atoms with Crippen LogP contribution in [0.25, 0.3) is 0 Å². The summed E-state index contributed by atoms with van der Waals surface area (Å²) in [5.41, 5.74) is 2.66. The minimum absolute atomic E-state index is 0.00511. The van der Waals surface area contributed by atoms with Gasteiger partial charge in [0, 0.05) is 24.4 Å². The number of rotatable bonds is 6. The molecule has 1 aromatic rings. The van der Waals surface area contributed by atoms with Crippen LogP contribution >= 0.6 is 11.8 Å². The standard InChI is InChI=1S/C11H14F3N3OS/c12-11(13,14)19-5-4-16-7-8-2-1-3-9(6-8)10(15)17-18/h1-3,6,16,18H,4-5,7H2,(H2,15,17). The van der Waals surface area contributed by atoms with Crippen molar-refractivity contribution in [2.24, 2.45) is 10.9 Å². The Morgan fingerprint density at radius 1 is 1.42 bits per heavy atom. The quantitative estimate of drug-likeness (QED) is 0.247. The van der Waals surface area contributed by atoms with Crippen molar-refractivity contribution in [1.82, 2.24) is 5.32 Å². The number of alkyl halides is 3. The van der Waals surface area contributed by atoms with Gasteiger partial charge in [-0.2, -0.15) is 13.2 Å². The summed E-state index contributed by atoms with van der Waals surface area (Å²) in [5, 5.41) is 14.3. The van der Waals surface area contributed by atoms with Gasteiger partial charge in [0.15, 0.2) is 5.84 Å². The van der Waals surface area contributed by atoms with Crippen molar-refractivity contribution in [2.45, 2.75) is 12.1 Å². The van der Waals surface area contributed by atoms with E-state index in [0.717, 1.165) is 5.56 Å². The first-order valence-corrected chi connectivity index (χ1v) is 6.39. The Kier molecular flexibility index (Phi) is 5.97. The largest absolute Gasteiger partial charge is 0.441 e. The molecule has 19 heavy (non-hydrogen) atoms. The van der Waals surface area contributed by atoms with Crippen LogP contribution in [-0.4, -0.2) is 28.8 Å². The molecule has 4 nitrogen and oxygen atoms in total. The predicted molar refractivity (Wildman–Crippen MR) is 69.2 cm³/mol. The molecule has 0 unspecified atom stereocenters. The van der Waals surface area contributed by atoms with E-state index < -0.39 is 5.51 Å². The lowest BCUT2D eigenvalue weighted by Crippen LogP contribution is -2.19. The Balaban J connectivity index is 2.38. The molecule has 0 fully saturated rings. The number of benzene rings is 1. The predicted octanol–water partition coefficient (Wildman–Crippen LogP) is 2.12. The van der Waals surface area contributed by atoms with Gasteiger partial charge in [-0.3, -0.25) is 0 Å². The summed E-state index contributed by atoms with van der Waals surface area (Å²) in [6.07, 6.45) is 0. The Morgan fingerprint density at radius 2 is 2.16 bits per heavy atom. The van der Waals surface area contributed by atoms with E-state index >= 15 is 0 Å². The number of halogens is 3. The van der Waals surface area contributed by atoms with E-state index in [4.69, 9.17) is 10.9 Å². The van der Waals surface area contributed by atoms with Crippen LogP contribution in [0.1, 0.15) is 11.1 Å². The van der Waals surface area contributed by atoms with Gasteiger partial charge >= 0.3 is 5.51 Å². The number of hydrogen-bond donors (Lipinski definition) is 3. The van der Waals surface area contributed by atoms with Crippen LogP contribution in [0.4, 0.5) is 13.2 Å². The summed E-state index contributed by atoms with van der Waals surface area (Å²) in [6, 6.07) is 6.92. The van der Waals surface area contributed by atoms with Crippen molar-refractivity contribution in [2.75, 3.05) is 12.3 Å². The summed E-state index contributed by atoms with van der Waals surface area (Å²) in [5.74, 6) is -0.0434. The lowest BCUT2D eigenvalue weighted by molar-refractivity contribution is -0.0327. The highest BCUT2D eigenvalue weighted by Crippen LogP contribution is 2.29. The van der Waals surface area contributed by atoms with Crippen molar-refractivity contribution < 1.29 is 18.4 Å². The molecule has 0 amide bonds. The number of oxime groups is 1. The molecule has 0 saturated carbocycles.